The molecular weight excluding hydrogens is 398 g/mol. The third-order valence-corrected chi connectivity index (χ3v) is 5.01. The number of carbonyl (C=O) groups is 1. The molecule has 0 aliphatic carbocycles. The van der Waals surface area contributed by atoms with Crippen molar-refractivity contribution in [2.24, 2.45) is 0 Å². The van der Waals surface area contributed by atoms with E-state index in [0.717, 1.165) is 17.3 Å². The van der Waals surface area contributed by atoms with Crippen LogP contribution in [0, 0.1) is 0 Å². The van der Waals surface area contributed by atoms with Gasteiger partial charge in [0.25, 0.3) is 0 Å². The first kappa shape index (κ1) is 20.0. The lowest BCUT2D eigenvalue weighted by Gasteiger charge is -2.08. The van der Waals surface area contributed by atoms with E-state index in [9.17, 15) is 9.90 Å². The third kappa shape index (κ3) is 5.37. The second-order valence-corrected chi connectivity index (χ2v) is 7.20. The van der Waals surface area contributed by atoms with Gasteiger partial charge >= 0.3 is 5.97 Å². The monoisotopic (exact) mass is 415 g/mol. The van der Waals surface area contributed by atoms with Gasteiger partial charge in [-0.05, 0) is 41.6 Å². The lowest BCUT2D eigenvalue weighted by molar-refractivity contribution is -0.131. The van der Waals surface area contributed by atoms with Crippen LogP contribution in [0.25, 0.3) is 6.08 Å². The second kappa shape index (κ2) is 9.43. The van der Waals surface area contributed by atoms with E-state index in [1.54, 1.807) is 24.3 Å². The fourth-order valence-corrected chi connectivity index (χ4v) is 3.25. The fourth-order valence-electron chi connectivity index (χ4n) is 2.34. The minimum Gasteiger partial charge on any atom is -0.489 e. The van der Waals surface area contributed by atoms with Crippen molar-refractivity contribution in [3.8, 4) is 5.75 Å². The molecule has 144 valence electrons. The molecule has 0 saturated heterocycles. The average Bonchev–Trinajstić information content (AvgIpc) is 3.15. The van der Waals surface area contributed by atoms with Crippen LogP contribution in [0.4, 0.5) is 0 Å². The van der Waals surface area contributed by atoms with Crippen LogP contribution in [0.5, 0.6) is 5.75 Å². The molecule has 2 N–H and O–H groups in total. The van der Waals surface area contributed by atoms with E-state index < -0.39 is 5.97 Å². The molecule has 3 rings (SSSR count). The Morgan fingerprint density at radius 2 is 2.11 bits per heavy atom. The van der Waals surface area contributed by atoms with Gasteiger partial charge in [-0.25, -0.2) is 9.78 Å². The molecule has 0 amide bonds. The van der Waals surface area contributed by atoms with Crippen molar-refractivity contribution in [2.45, 2.75) is 25.1 Å². The minimum absolute atomic E-state index is 0.116. The molecule has 0 saturated carbocycles. The number of nitrogens with one attached hydrogen (secondary N) is 1. The fraction of sp³-hybridized carbons (Fsp3) is 0.150. The van der Waals surface area contributed by atoms with Gasteiger partial charge in [0.15, 0.2) is 0 Å². The average molecular weight is 416 g/mol. The Bertz CT molecular complexity index is 1000. The van der Waals surface area contributed by atoms with Crippen LogP contribution in [-0.4, -0.2) is 26.3 Å². The van der Waals surface area contributed by atoms with Gasteiger partial charge in [0.2, 0.25) is 5.16 Å². The Labute approximate surface area is 171 Å². The highest BCUT2D eigenvalue weighted by atomic mass is 35.5. The number of thioether (sulfide) groups is 1. The number of carboxylic acid groups (broad SMARTS) is 1. The maximum absolute atomic E-state index is 11.6. The number of nitrogens with zero attached hydrogens (tertiary/aromatic N) is 2. The molecule has 6 nitrogen and oxygen atoms in total. The molecule has 0 atom stereocenters. The number of aromatic nitrogens is 3. The summed E-state index contributed by atoms with van der Waals surface area (Å²) in [5.41, 5.74) is 1.58. The van der Waals surface area contributed by atoms with Crippen LogP contribution in [0.15, 0.2) is 58.6 Å². The Morgan fingerprint density at radius 1 is 1.29 bits per heavy atom. The standard InChI is InChI=1S/C20H18ClN3O3S/c1-2-18-22-20(24-23-18)28-17(19(25)26)11-13-6-5-8-15(10-13)27-12-14-7-3-4-9-16(14)21/h3-11H,2,12H2,1H3,(H,25,26)(H,22,23,24)/b17-11-. The van der Waals surface area contributed by atoms with Crippen molar-refractivity contribution in [1.29, 1.82) is 0 Å². The summed E-state index contributed by atoms with van der Waals surface area (Å²) in [6.45, 7) is 2.27. The molecule has 2 aromatic carbocycles. The van der Waals surface area contributed by atoms with Gasteiger partial charge in [0.05, 0.1) is 0 Å². The van der Waals surface area contributed by atoms with Gasteiger partial charge in [-0.15, -0.1) is 5.10 Å². The molecule has 0 aliphatic heterocycles. The molecule has 0 aliphatic rings. The lowest BCUT2D eigenvalue weighted by Crippen LogP contribution is -1.98. The van der Waals surface area contributed by atoms with Crippen molar-refractivity contribution < 1.29 is 14.6 Å². The molecule has 0 radical (unpaired) electrons. The van der Waals surface area contributed by atoms with E-state index in [2.05, 4.69) is 15.2 Å². The summed E-state index contributed by atoms with van der Waals surface area (Å²) in [5.74, 6) is 0.284. The van der Waals surface area contributed by atoms with Crippen LogP contribution in [0.2, 0.25) is 5.02 Å². The summed E-state index contributed by atoms with van der Waals surface area (Å²) in [6, 6.07) is 14.7. The summed E-state index contributed by atoms with van der Waals surface area (Å²) in [4.78, 5) is 16.0. The van der Waals surface area contributed by atoms with Crippen LogP contribution < -0.4 is 4.74 Å². The van der Waals surface area contributed by atoms with Crippen LogP contribution in [-0.2, 0) is 17.8 Å². The lowest BCUT2D eigenvalue weighted by atomic mass is 10.2. The van der Waals surface area contributed by atoms with Crippen molar-refractivity contribution in [3.05, 3.63) is 75.4 Å². The number of H-pyrrole nitrogens is 1. The number of hydrogen-bond donors (Lipinski definition) is 2. The zero-order chi connectivity index (χ0) is 19.9. The van der Waals surface area contributed by atoms with E-state index in [0.29, 0.717) is 40.3 Å². The summed E-state index contributed by atoms with van der Waals surface area (Å²) in [7, 11) is 0. The molecular formula is C20H18ClN3O3S. The molecule has 28 heavy (non-hydrogen) atoms. The Hall–Kier alpha value is -2.77. The maximum Gasteiger partial charge on any atom is 0.342 e. The van der Waals surface area contributed by atoms with E-state index >= 15 is 0 Å². The largest absolute Gasteiger partial charge is 0.489 e. The van der Waals surface area contributed by atoms with Crippen molar-refractivity contribution >= 4 is 35.4 Å². The smallest absolute Gasteiger partial charge is 0.342 e. The van der Waals surface area contributed by atoms with E-state index in [4.69, 9.17) is 16.3 Å². The number of aliphatic carboxylic acids is 1. The zero-order valence-electron chi connectivity index (χ0n) is 15.1. The van der Waals surface area contributed by atoms with Gasteiger partial charge in [0.1, 0.15) is 23.1 Å². The molecule has 8 heteroatoms. The molecule has 0 fully saturated rings. The predicted molar refractivity (Wildman–Crippen MR) is 109 cm³/mol. The number of aromatic amines is 1. The number of carboxylic acids is 1. The molecule has 3 aromatic rings. The van der Waals surface area contributed by atoms with Crippen LogP contribution in [0.3, 0.4) is 0 Å². The highest BCUT2D eigenvalue weighted by Crippen LogP contribution is 2.27. The maximum atomic E-state index is 11.6. The van der Waals surface area contributed by atoms with Crippen molar-refractivity contribution in [2.75, 3.05) is 0 Å². The molecule has 1 aromatic heterocycles. The quantitative estimate of drug-likeness (QED) is 0.405. The first-order chi connectivity index (χ1) is 13.5. The van der Waals surface area contributed by atoms with Crippen molar-refractivity contribution in [3.63, 3.8) is 0 Å². The molecule has 0 spiro atoms. The van der Waals surface area contributed by atoms with Gasteiger partial charge in [0, 0.05) is 17.0 Å². The van der Waals surface area contributed by atoms with E-state index in [1.165, 1.54) is 0 Å². The molecule has 0 bridgehead atoms. The number of hydrogen-bond acceptors (Lipinski definition) is 5. The number of benzene rings is 2. The predicted octanol–water partition coefficient (Wildman–Crippen LogP) is 4.82. The summed E-state index contributed by atoms with van der Waals surface area (Å²) in [5, 5.41) is 17.3. The minimum atomic E-state index is -1.05. The third-order valence-electron chi connectivity index (χ3n) is 3.77. The highest BCUT2D eigenvalue weighted by molar-refractivity contribution is 8.04. The number of ether oxygens (including phenoxy) is 1. The first-order valence-corrected chi connectivity index (χ1v) is 9.75. The second-order valence-electron chi connectivity index (χ2n) is 5.79. The summed E-state index contributed by atoms with van der Waals surface area (Å²) >= 11 is 7.14. The first-order valence-electron chi connectivity index (χ1n) is 8.55. The summed E-state index contributed by atoms with van der Waals surface area (Å²) in [6.07, 6.45) is 2.27. The normalized spacial score (nSPS) is 11.4. The van der Waals surface area contributed by atoms with Gasteiger partial charge in [-0.3, -0.25) is 5.10 Å². The number of halogens is 1. The van der Waals surface area contributed by atoms with E-state index in [-0.39, 0.29) is 4.91 Å². The molecule has 1 heterocycles. The van der Waals surface area contributed by atoms with Crippen LogP contribution in [0.1, 0.15) is 23.9 Å². The van der Waals surface area contributed by atoms with Gasteiger partial charge < -0.3 is 9.84 Å². The number of rotatable bonds is 8. The SMILES string of the molecule is CCc1nc(S/C(=C\c2cccc(OCc3ccccc3Cl)c2)C(=O)O)n[nH]1. The van der Waals surface area contributed by atoms with Crippen molar-refractivity contribution in [1.82, 2.24) is 15.2 Å². The highest BCUT2D eigenvalue weighted by Gasteiger charge is 2.13. The Kier molecular flexibility index (Phi) is 6.73. The van der Waals surface area contributed by atoms with Gasteiger partial charge in [-0.2, -0.15) is 0 Å². The van der Waals surface area contributed by atoms with Gasteiger partial charge in [-0.1, -0.05) is 48.9 Å². The summed E-state index contributed by atoms with van der Waals surface area (Å²) < 4.78 is 5.79. The topological polar surface area (TPSA) is 88.1 Å². The van der Waals surface area contributed by atoms with E-state index in [1.807, 2.05) is 37.3 Å². The Balaban J connectivity index is 1.74. The molecule has 0 unspecified atom stereocenters. The van der Waals surface area contributed by atoms with Crippen LogP contribution >= 0.6 is 23.4 Å². The Morgan fingerprint density at radius 3 is 2.82 bits per heavy atom. The number of aryl methyl sites for hydroxylation is 1. The zero-order valence-corrected chi connectivity index (χ0v) is 16.6.